The summed E-state index contributed by atoms with van der Waals surface area (Å²) in [7, 11) is 0.108. The van der Waals surface area contributed by atoms with E-state index in [-0.39, 0.29) is 44.1 Å². The Kier molecular flexibility index (Phi) is 8.22. The maximum atomic E-state index is 14.2. The van der Waals surface area contributed by atoms with Gasteiger partial charge in [0, 0.05) is 41.0 Å². The SMILES string of the molecule is Cc1nc(NS(=O)(=O)c2cc#ccc2Cl)ccc1-c1cc(C(F)F)c2nc(NC3CCC(N(C)C)CC3)ncc2n1. The van der Waals surface area contributed by atoms with Gasteiger partial charge in [0.05, 0.1) is 16.9 Å². The second-order valence-electron chi connectivity index (χ2n) is 10.2. The minimum Gasteiger partial charge on any atom is -0.351 e. The van der Waals surface area contributed by atoms with Crippen LogP contribution in [0.3, 0.4) is 0 Å². The third kappa shape index (κ3) is 6.32. The quantitative estimate of drug-likeness (QED) is 0.266. The number of hydrogen-bond donors (Lipinski definition) is 2. The lowest BCUT2D eigenvalue weighted by molar-refractivity contribution is 0.153. The van der Waals surface area contributed by atoms with Crippen LogP contribution in [0.25, 0.3) is 22.3 Å². The lowest BCUT2D eigenvalue weighted by atomic mass is 9.91. The zero-order chi connectivity index (χ0) is 29.3. The standard InChI is InChI=1S/C28H28ClF2N7O2S/c1-16-19(12-13-25(33-16)37-41(39,40)24-7-5-4-6-21(24)29)22-14-20(27(30)31)26-23(35-22)15-32-28(36-26)34-17-8-10-18(11-9-17)38(2)3/h6-7,12-15,17-18,27H,8-11H2,1-3H3,(H,33,37)(H,32,34,36). The molecule has 2 N–H and O–H groups in total. The highest BCUT2D eigenvalue weighted by atomic mass is 35.5. The molecule has 0 unspecified atom stereocenters. The molecule has 214 valence electrons. The van der Waals surface area contributed by atoms with Crippen LogP contribution < -0.4 is 10.0 Å². The Hall–Kier alpha value is -3.66. The molecule has 0 radical (unpaired) electrons. The molecule has 0 atom stereocenters. The number of anilines is 2. The molecular weight excluding hydrogens is 572 g/mol. The summed E-state index contributed by atoms with van der Waals surface area (Å²) in [6.45, 7) is 1.63. The van der Waals surface area contributed by atoms with Crippen molar-refractivity contribution in [2.24, 2.45) is 0 Å². The normalized spacial score (nSPS) is 17.6. The topological polar surface area (TPSA) is 113 Å². The fourth-order valence-corrected chi connectivity index (χ4v) is 6.42. The van der Waals surface area contributed by atoms with Crippen molar-refractivity contribution >= 4 is 44.4 Å². The number of halogens is 3. The zero-order valence-corrected chi connectivity index (χ0v) is 24.2. The third-order valence-corrected chi connectivity index (χ3v) is 9.00. The molecule has 1 aromatic carbocycles. The first-order chi connectivity index (χ1) is 19.5. The van der Waals surface area contributed by atoms with Crippen LogP contribution in [0.5, 0.6) is 0 Å². The van der Waals surface area contributed by atoms with Gasteiger partial charge in [0.1, 0.15) is 21.7 Å². The van der Waals surface area contributed by atoms with Crippen molar-refractivity contribution in [1.29, 1.82) is 0 Å². The van der Waals surface area contributed by atoms with E-state index in [2.05, 4.69) is 61.1 Å². The van der Waals surface area contributed by atoms with E-state index in [0.29, 0.717) is 23.2 Å². The Labute approximate surface area is 242 Å². The van der Waals surface area contributed by atoms with Crippen molar-refractivity contribution in [2.75, 3.05) is 24.1 Å². The molecule has 1 fully saturated rings. The van der Waals surface area contributed by atoms with Gasteiger partial charge in [-0.15, -0.1) is 0 Å². The van der Waals surface area contributed by atoms with E-state index in [1.54, 1.807) is 13.0 Å². The first-order valence-electron chi connectivity index (χ1n) is 13.0. The lowest BCUT2D eigenvalue weighted by Gasteiger charge is -2.32. The number of nitrogens with one attached hydrogen (secondary N) is 2. The predicted octanol–water partition coefficient (Wildman–Crippen LogP) is 5.67. The number of alkyl halides is 2. The number of fused-ring (bicyclic) bond motifs is 1. The van der Waals surface area contributed by atoms with E-state index in [0.717, 1.165) is 25.7 Å². The zero-order valence-electron chi connectivity index (χ0n) is 22.6. The molecule has 5 rings (SSSR count). The first kappa shape index (κ1) is 28.9. The van der Waals surface area contributed by atoms with Crippen LogP contribution in [0.15, 0.2) is 41.4 Å². The lowest BCUT2D eigenvalue weighted by Crippen LogP contribution is -2.36. The highest BCUT2D eigenvalue weighted by molar-refractivity contribution is 7.92. The van der Waals surface area contributed by atoms with Crippen LogP contribution in [0.4, 0.5) is 20.5 Å². The van der Waals surface area contributed by atoms with Crippen molar-refractivity contribution < 1.29 is 17.2 Å². The van der Waals surface area contributed by atoms with Gasteiger partial charge in [-0.05, 0) is 64.9 Å². The highest BCUT2D eigenvalue weighted by Crippen LogP contribution is 2.33. The Morgan fingerprint density at radius 1 is 1.07 bits per heavy atom. The summed E-state index contributed by atoms with van der Waals surface area (Å²) >= 11 is 6.00. The fourth-order valence-electron chi connectivity index (χ4n) is 4.98. The van der Waals surface area contributed by atoms with Gasteiger partial charge in [0.2, 0.25) is 5.95 Å². The monoisotopic (exact) mass is 599 g/mol. The fraction of sp³-hybridized carbons (Fsp3) is 0.357. The summed E-state index contributed by atoms with van der Waals surface area (Å²) in [5.41, 5.74) is 1.10. The van der Waals surface area contributed by atoms with Crippen LogP contribution in [0, 0.1) is 19.1 Å². The first-order valence-corrected chi connectivity index (χ1v) is 14.8. The Bertz CT molecular complexity index is 1680. The van der Waals surface area contributed by atoms with Gasteiger partial charge in [-0.25, -0.2) is 37.1 Å². The van der Waals surface area contributed by atoms with Crippen molar-refractivity contribution in [3.8, 4) is 11.3 Å². The van der Waals surface area contributed by atoms with Crippen LogP contribution in [0.2, 0.25) is 5.02 Å². The summed E-state index contributed by atoms with van der Waals surface area (Å²) in [6.07, 6.45) is 2.59. The van der Waals surface area contributed by atoms with Gasteiger partial charge in [-0.3, -0.25) is 4.72 Å². The number of rotatable bonds is 8. The third-order valence-electron chi connectivity index (χ3n) is 7.18. The number of aryl methyl sites for hydroxylation is 1. The molecule has 0 bridgehead atoms. The molecule has 0 amide bonds. The van der Waals surface area contributed by atoms with Gasteiger partial charge < -0.3 is 10.2 Å². The van der Waals surface area contributed by atoms with Crippen LogP contribution in [0.1, 0.15) is 43.4 Å². The molecule has 1 aliphatic rings. The molecule has 0 aliphatic heterocycles. The molecular formula is C28H28ClF2N7O2S. The van der Waals surface area contributed by atoms with Crippen molar-refractivity contribution in [3.05, 3.63) is 64.9 Å². The van der Waals surface area contributed by atoms with Crippen LogP contribution >= 0.6 is 11.6 Å². The van der Waals surface area contributed by atoms with Gasteiger partial charge >= 0.3 is 0 Å². The molecule has 3 heterocycles. The Morgan fingerprint density at radius 2 is 1.80 bits per heavy atom. The summed E-state index contributed by atoms with van der Waals surface area (Å²) in [6, 6.07) is 12.6. The number of aromatic nitrogens is 4. The van der Waals surface area contributed by atoms with Gasteiger partial charge in [0.25, 0.3) is 16.4 Å². The van der Waals surface area contributed by atoms with E-state index >= 15 is 0 Å². The second-order valence-corrected chi connectivity index (χ2v) is 12.2. The maximum absolute atomic E-state index is 14.2. The summed E-state index contributed by atoms with van der Waals surface area (Å²) < 4.78 is 56.4. The highest BCUT2D eigenvalue weighted by Gasteiger charge is 2.24. The molecule has 3 aromatic heterocycles. The molecule has 41 heavy (non-hydrogen) atoms. The van der Waals surface area contributed by atoms with E-state index in [4.69, 9.17) is 11.6 Å². The largest absolute Gasteiger partial charge is 0.351 e. The second kappa shape index (κ2) is 11.7. The Morgan fingerprint density at radius 3 is 2.46 bits per heavy atom. The number of sulfonamides is 1. The smallest absolute Gasteiger partial charge is 0.266 e. The average molecular weight is 600 g/mol. The van der Waals surface area contributed by atoms with Crippen molar-refractivity contribution in [1.82, 2.24) is 24.8 Å². The van der Waals surface area contributed by atoms with Gasteiger partial charge in [0.15, 0.2) is 0 Å². The maximum Gasteiger partial charge on any atom is 0.266 e. The summed E-state index contributed by atoms with van der Waals surface area (Å²) in [5, 5.41) is 3.29. The van der Waals surface area contributed by atoms with Crippen LogP contribution in [-0.2, 0) is 10.0 Å². The van der Waals surface area contributed by atoms with E-state index in [1.807, 2.05) is 0 Å². The van der Waals surface area contributed by atoms with Crippen LogP contribution in [-0.4, -0.2) is 59.4 Å². The summed E-state index contributed by atoms with van der Waals surface area (Å²) in [5.74, 6) is 0.328. The number of nitrogens with zero attached hydrogens (tertiary/aromatic N) is 5. The van der Waals surface area contributed by atoms with E-state index < -0.39 is 16.4 Å². The Balaban J connectivity index is 1.40. The molecule has 13 heteroatoms. The average Bonchev–Trinajstić information content (AvgIpc) is 2.92. The van der Waals surface area contributed by atoms with E-state index in [1.165, 1.54) is 30.5 Å². The minimum absolute atomic E-state index is 0.0123. The number of pyridine rings is 2. The molecule has 9 nitrogen and oxygen atoms in total. The molecule has 0 saturated heterocycles. The van der Waals surface area contributed by atoms with Crippen molar-refractivity contribution in [3.63, 3.8) is 0 Å². The summed E-state index contributed by atoms with van der Waals surface area (Å²) in [4.78, 5) is 19.7. The van der Waals surface area contributed by atoms with Gasteiger partial charge in [-0.2, -0.15) is 0 Å². The number of hydrogen-bond acceptors (Lipinski definition) is 8. The molecule has 1 aliphatic carbocycles. The van der Waals surface area contributed by atoms with Crippen molar-refractivity contribution in [2.45, 2.75) is 56.0 Å². The molecule has 4 aromatic rings. The minimum atomic E-state index is -4.04. The predicted molar refractivity (Wildman–Crippen MR) is 154 cm³/mol. The van der Waals surface area contributed by atoms with E-state index in [9.17, 15) is 17.2 Å². The van der Waals surface area contributed by atoms with Gasteiger partial charge in [-0.1, -0.05) is 23.7 Å². The molecule has 1 saturated carbocycles. The molecule has 0 spiro atoms.